The smallest absolute Gasteiger partial charge is 0.306 e. The van der Waals surface area contributed by atoms with Crippen molar-refractivity contribution in [1.29, 1.82) is 0 Å². The second-order valence-corrected chi connectivity index (χ2v) is 16.0. The molecule has 0 bridgehead atoms. The van der Waals surface area contributed by atoms with Crippen LogP contribution >= 0.6 is 0 Å². The number of allylic oxidation sites excluding steroid dienone is 16. The normalized spacial score (nSPS) is 12.9. The maximum absolute atomic E-state index is 12.8. The van der Waals surface area contributed by atoms with E-state index in [1.54, 1.807) is 0 Å². The van der Waals surface area contributed by atoms with Crippen LogP contribution < -0.4 is 0 Å². The molecule has 6 heteroatoms. The molecule has 0 N–H and O–H groups in total. The van der Waals surface area contributed by atoms with E-state index in [1.807, 2.05) is 0 Å². The lowest BCUT2D eigenvalue weighted by Crippen LogP contribution is -2.30. The van der Waals surface area contributed by atoms with Crippen LogP contribution in [0, 0.1) is 0 Å². The minimum atomic E-state index is -0.799. The molecule has 0 rings (SSSR count). The van der Waals surface area contributed by atoms with Gasteiger partial charge in [-0.15, -0.1) is 0 Å². The van der Waals surface area contributed by atoms with Gasteiger partial charge in [-0.05, 0) is 109 Å². The monoisotopic (exact) mass is 847 g/mol. The largest absolute Gasteiger partial charge is 0.462 e. The Morgan fingerprint density at radius 1 is 0.344 bits per heavy atom. The van der Waals surface area contributed by atoms with Gasteiger partial charge in [-0.1, -0.05) is 182 Å². The van der Waals surface area contributed by atoms with Crippen molar-refractivity contribution in [3.63, 3.8) is 0 Å². The average molecular weight is 847 g/mol. The number of hydrogen-bond acceptors (Lipinski definition) is 6. The van der Waals surface area contributed by atoms with Crippen molar-refractivity contribution >= 4 is 17.9 Å². The van der Waals surface area contributed by atoms with Gasteiger partial charge in [-0.2, -0.15) is 0 Å². The zero-order valence-corrected chi connectivity index (χ0v) is 39.4. The first-order valence-electron chi connectivity index (χ1n) is 24.7. The van der Waals surface area contributed by atoms with E-state index in [-0.39, 0.29) is 31.1 Å². The average Bonchev–Trinajstić information content (AvgIpc) is 3.26. The quantitative estimate of drug-likeness (QED) is 0.0263. The Morgan fingerprint density at radius 2 is 0.639 bits per heavy atom. The molecule has 6 nitrogen and oxygen atoms in total. The topological polar surface area (TPSA) is 78.9 Å². The Morgan fingerprint density at radius 3 is 1.02 bits per heavy atom. The van der Waals surface area contributed by atoms with Gasteiger partial charge in [0.1, 0.15) is 13.2 Å². The summed E-state index contributed by atoms with van der Waals surface area (Å²) in [6.45, 7) is 6.31. The molecule has 0 spiro atoms. The van der Waals surface area contributed by atoms with Crippen LogP contribution in [-0.4, -0.2) is 37.2 Å². The molecule has 0 aromatic carbocycles. The molecular formula is C55H90O6. The molecule has 0 amide bonds. The molecule has 0 aromatic heterocycles. The van der Waals surface area contributed by atoms with E-state index in [2.05, 4.69) is 118 Å². The SMILES string of the molecule is CC/C=C\C/C=C\C/C=C\C/C=C\CCCCCCCCC(=O)OCC(COC(=O)CCCCCC/C=C\CCCC)OC(=O)CCCCCC/C=C\C/C=C\C/C=C\CC. The Kier molecular flexibility index (Phi) is 46.0. The zero-order valence-electron chi connectivity index (χ0n) is 39.4. The summed E-state index contributed by atoms with van der Waals surface area (Å²) in [6, 6.07) is 0. The summed E-state index contributed by atoms with van der Waals surface area (Å²) in [4.78, 5) is 37.9. The second-order valence-electron chi connectivity index (χ2n) is 16.0. The first-order valence-corrected chi connectivity index (χ1v) is 24.7. The van der Waals surface area contributed by atoms with Gasteiger partial charge in [-0.25, -0.2) is 0 Å². The fourth-order valence-electron chi connectivity index (χ4n) is 6.37. The van der Waals surface area contributed by atoms with Crippen LogP contribution in [0.3, 0.4) is 0 Å². The lowest BCUT2D eigenvalue weighted by Gasteiger charge is -2.18. The first kappa shape index (κ1) is 57.3. The molecule has 1 unspecified atom stereocenters. The zero-order chi connectivity index (χ0) is 44.4. The number of carbonyl (C=O) groups excluding carboxylic acids is 3. The van der Waals surface area contributed by atoms with Crippen LogP contribution in [-0.2, 0) is 28.6 Å². The molecule has 0 radical (unpaired) electrons. The molecule has 0 aromatic rings. The number of hydrogen-bond donors (Lipinski definition) is 0. The van der Waals surface area contributed by atoms with E-state index in [0.717, 1.165) is 148 Å². The van der Waals surface area contributed by atoms with Gasteiger partial charge in [0.25, 0.3) is 0 Å². The first-order chi connectivity index (χ1) is 30.0. The van der Waals surface area contributed by atoms with Crippen molar-refractivity contribution in [3.05, 3.63) is 97.2 Å². The molecule has 0 saturated carbocycles. The highest BCUT2D eigenvalue weighted by atomic mass is 16.6. The number of unbranched alkanes of at least 4 members (excludes halogenated alkanes) is 16. The summed E-state index contributed by atoms with van der Waals surface area (Å²) < 4.78 is 16.7. The molecule has 61 heavy (non-hydrogen) atoms. The van der Waals surface area contributed by atoms with Gasteiger partial charge in [0, 0.05) is 19.3 Å². The van der Waals surface area contributed by atoms with Crippen LogP contribution in [0.4, 0.5) is 0 Å². The lowest BCUT2D eigenvalue weighted by atomic mass is 10.1. The fourth-order valence-corrected chi connectivity index (χ4v) is 6.37. The summed E-state index contributed by atoms with van der Waals surface area (Å²) in [6.07, 6.45) is 63.9. The maximum Gasteiger partial charge on any atom is 0.306 e. The Bertz CT molecular complexity index is 1250. The minimum absolute atomic E-state index is 0.0989. The van der Waals surface area contributed by atoms with E-state index < -0.39 is 6.10 Å². The van der Waals surface area contributed by atoms with Gasteiger partial charge < -0.3 is 14.2 Å². The summed E-state index contributed by atoms with van der Waals surface area (Å²) in [5.41, 5.74) is 0. The highest BCUT2D eigenvalue weighted by Crippen LogP contribution is 2.13. The van der Waals surface area contributed by atoms with Crippen molar-refractivity contribution in [2.75, 3.05) is 13.2 Å². The molecule has 0 aliphatic heterocycles. The highest BCUT2D eigenvalue weighted by molar-refractivity contribution is 5.71. The molecule has 0 aliphatic carbocycles. The van der Waals surface area contributed by atoms with Crippen molar-refractivity contribution in [3.8, 4) is 0 Å². The van der Waals surface area contributed by atoms with E-state index in [4.69, 9.17) is 14.2 Å². The molecule has 0 aliphatic rings. The van der Waals surface area contributed by atoms with E-state index in [0.29, 0.717) is 19.3 Å². The summed E-state index contributed by atoms with van der Waals surface area (Å²) >= 11 is 0. The van der Waals surface area contributed by atoms with Gasteiger partial charge in [-0.3, -0.25) is 14.4 Å². The fraction of sp³-hybridized carbons (Fsp3) is 0.655. The predicted molar refractivity (Wildman–Crippen MR) is 260 cm³/mol. The summed E-state index contributed by atoms with van der Waals surface area (Å²) in [5, 5.41) is 0. The maximum atomic E-state index is 12.8. The highest BCUT2D eigenvalue weighted by Gasteiger charge is 2.19. The number of ether oxygens (including phenoxy) is 3. The van der Waals surface area contributed by atoms with Crippen LogP contribution in [0.5, 0.6) is 0 Å². The third-order valence-electron chi connectivity index (χ3n) is 10.1. The predicted octanol–water partition coefficient (Wildman–Crippen LogP) is 16.2. The van der Waals surface area contributed by atoms with Crippen molar-refractivity contribution in [2.24, 2.45) is 0 Å². The van der Waals surface area contributed by atoms with Crippen LogP contribution in [0.1, 0.15) is 213 Å². The van der Waals surface area contributed by atoms with Crippen LogP contribution in [0.2, 0.25) is 0 Å². The molecular weight excluding hydrogens is 757 g/mol. The summed E-state index contributed by atoms with van der Waals surface area (Å²) in [7, 11) is 0. The summed E-state index contributed by atoms with van der Waals surface area (Å²) in [5.74, 6) is -0.955. The molecule has 0 heterocycles. The Labute approximate surface area is 375 Å². The van der Waals surface area contributed by atoms with Gasteiger partial charge >= 0.3 is 17.9 Å². The van der Waals surface area contributed by atoms with Crippen molar-refractivity contribution in [2.45, 2.75) is 219 Å². The number of rotatable bonds is 43. The molecule has 0 saturated heterocycles. The van der Waals surface area contributed by atoms with Crippen LogP contribution in [0.15, 0.2) is 97.2 Å². The van der Waals surface area contributed by atoms with E-state index >= 15 is 0 Å². The lowest BCUT2D eigenvalue weighted by molar-refractivity contribution is -0.167. The van der Waals surface area contributed by atoms with Gasteiger partial charge in [0.15, 0.2) is 6.10 Å². The van der Waals surface area contributed by atoms with Crippen molar-refractivity contribution in [1.82, 2.24) is 0 Å². The third-order valence-corrected chi connectivity index (χ3v) is 10.1. The Hall–Kier alpha value is -3.67. The minimum Gasteiger partial charge on any atom is -0.462 e. The number of carbonyl (C=O) groups is 3. The second kappa shape index (κ2) is 49.0. The third kappa shape index (κ3) is 47.2. The van der Waals surface area contributed by atoms with Gasteiger partial charge in [0.2, 0.25) is 0 Å². The standard InChI is InChI=1S/C55H90O6/c1-4-7-10-13-16-19-22-24-26-27-28-29-30-32-33-36-39-42-45-48-54(57)60-51-52(50-59-53(56)47-44-41-38-35-21-18-15-12-9-6-3)61-55(58)49-46-43-40-37-34-31-25-23-20-17-14-11-8-5-2/h7-8,10-11,15-20,24-26,28-29,31,52H,4-6,9,12-14,21-23,27,30,32-51H2,1-3H3/b10-7-,11-8-,18-15-,19-16-,20-17-,26-24-,29-28-,31-25-. The van der Waals surface area contributed by atoms with E-state index in [9.17, 15) is 14.4 Å². The Balaban J connectivity index is 4.42. The molecule has 1 atom stereocenters. The number of esters is 3. The molecule has 0 fully saturated rings. The van der Waals surface area contributed by atoms with Crippen LogP contribution in [0.25, 0.3) is 0 Å². The molecule has 346 valence electrons. The van der Waals surface area contributed by atoms with Gasteiger partial charge in [0.05, 0.1) is 0 Å². The van der Waals surface area contributed by atoms with E-state index in [1.165, 1.54) is 25.7 Å². The van der Waals surface area contributed by atoms with Crippen molar-refractivity contribution < 1.29 is 28.6 Å².